The summed E-state index contributed by atoms with van der Waals surface area (Å²) in [7, 11) is 0. The molecule has 0 bridgehead atoms. The minimum Gasteiger partial charge on any atom is -0.381 e. The van der Waals surface area contributed by atoms with E-state index in [0.717, 1.165) is 60.6 Å². The number of rotatable bonds is 4. The number of imidazole rings is 1. The predicted molar refractivity (Wildman–Crippen MR) is 116 cm³/mol. The molecule has 0 N–H and O–H groups in total. The molecule has 1 aromatic carbocycles. The highest BCUT2D eigenvalue weighted by Crippen LogP contribution is 2.33. The molecule has 0 unspecified atom stereocenters. The predicted octanol–water partition coefficient (Wildman–Crippen LogP) is 4.54. The van der Waals surface area contributed by atoms with E-state index >= 15 is 0 Å². The van der Waals surface area contributed by atoms with Crippen molar-refractivity contribution in [1.82, 2.24) is 14.5 Å². The molecule has 0 amide bonds. The number of aliphatic imine (C=N–C) groups is 1. The fourth-order valence-electron chi connectivity index (χ4n) is 3.92. The highest BCUT2D eigenvalue weighted by Gasteiger charge is 2.17. The summed E-state index contributed by atoms with van der Waals surface area (Å²) in [5, 5.41) is 0.632. The van der Waals surface area contributed by atoms with Crippen LogP contribution in [0.25, 0.3) is 22.2 Å². The van der Waals surface area contributed by atoms with Crippen LogP contribution in [0.1, 0.15) is 12.8 Å². The standard InChI is InChI=1S/C22H22ClN5O/c23-19-12-25-22(27-7-1-6-24-14-27)11-18(19)17-2-3-20-21(10-17)28(15-26-20)13-16-4-8-29-9-5-16/h1-3,6-7,10-12,15-16H,4-5,8-9,13-14H2. The molecule has 2 aromatic heterocycles. The molecule has 1 fully saturated rings. The molecule has 29 heavy (non-hydrogen) atoms. The summed E-state index contributed by atoms with van der Waals surface area (Å²) in [6.45, 7) is 3.23. The van der Waals surface area contributed by atoms with Gasteiger partial charge in [0.05, 0.1) is 22.4 Å². The Bertz CT molecular complexity index is 1080. The van der Waals surface area contributed by atoms with Crippen molar-refractivity contribution in [3.05, 3.63) is 54.1 Å². The molecule has 5 rings (SSSR count). The molecule has 0 atom stereocenters. The summed E-state index contributed by atoms with van der Waals surface area (Å²) in [4.78, 5) is 15.3. The Morgan fingerprint density at radius 3 is 2.86 bits per heavy atom. The number of halogens is 1. The summed E-state index contributed by atoms with van der Waals surface area (Å²) in [6.07, 6.45) is 11.5. The van der Waals surface area contributed by atoms with Gasteiger partial charge >= 0.3 is 0 Å². The summed E-state index contributed by atoms with van der Waals surface area (Å²) in [6, 6.07) is 8.33. The van der Waals surface area contributed by atoms with Crippen molar-refractivity contribution < 1.29 is 4.74 Å². The molecule has 0 spiro atoms. The van der Waals surface area contributed by atoms with Crippen LogP contribution < -0.4 is 4.90 Å². The second kappa shape index (κ2) is 7.97. The van der Waals surface area contributed by atoms with Gasteiger partial charge in [-0.3, -0.25) is 4.99 Å². The van der Waals surface area contributed by atoms with Gasteiger partial charge in [-0.2, -0.15) is 0 Å². The minimum absolute atomic E-state index is 0.557. The zero-order valence-electron chi connectivity index (χ0n) is 16.0. The van der Waals surface area contributed by atoms with Gasteiger partial charge in [-0.05, 0) is 48.6 Å². The average molecular weight is 408 g/mol. The first-order chi connectivity index (χ1) is 14.3. The molecular formula is C22H22ClN5O. The van der Waals surface area contributed by atoms with E-state index in [1.165, 1.54) is 0 Å². The number of aromatic nitrogens is 3. The number of hydrogen-bond acceptors (Lipinski definition) is 5. The van der Waals surface area contributed by atoms with Gasteiger partial charge < -0.3 is 14.2 Å². The maximum absolute atomic E-state index is 6.53. The zero-order chi connectivity index (χ0) is 19.6. The van der Waals surface area contributed by atoms with Crippen molar-refractivity contribution in [1.29, 1.82) is 0 Å². The third-order valence-electron chi connectivity index (χ3n) is 5.55. The average Bonchev–Trinajstić information content (AvgIpc) is 3.17. The number of hydrogen-bond donors (Lipinski definition) is 0. The van der Waals surface area contributed by atoms with Gasteiger partial charge in [0.1, 0.15) is 12.5 Å². The lowest BCUT2D eigenvalue weighted by molar-refractivity contribution is 0.0616. The Morgan fingerprint density at radius 1 is 1.14 bits per heavy atom. The van der Waals surface area contributed by atoms with Gasteiger partial charge in [-0.1, -0.05) is 17.7 Å². The number of benzene rings is 1. The molecule has 0 aliphatic carbocycles. The number of allylic oxidation sites excluding steroid dienone is 1. The number of pyridine rings is 1. The van der Waals surface area contributed by atoms with Crippen LogP contribution in [0.15, 0.2) is 54.1 Å². The second-order valence-electron chi connectivity index (χ2n) is 7.46. The van der Waals surface area contributed by atoms with Gasteiger partial charge in [0.25, 0.3) is 0 Å². The number of anilines is 1. The first kappa shape index (κ1) is 18.3. The Balaban J connectivity index is 1.49. The van der Waals surface area contributed by atoms with E-state index in [9.17, 15) is 0 Å². The van der Waals surface area contributed by atoms with Crippen molar-refractivity contribution in [3.8, 4) is 11.1 Å². The normalized spacial score (nSPS) is 17.3. The van der Waals surface area contributed by atoms with Crippen molar-refractivity contribution in [2.24, 2.45) is 10.9 Å². The molecule has 0 radical (unpaired) electrons. The molecule has 0 saturated carbocycles. The fourth-order valence-corrected chi connectivity index (χ4v) is 4.13. The molecule has 2 aliphatic rings. The second-order valence-corrected chi connectivity index (χ2v) is 7.87. The lowest BCUT2D eigenvalue weighted by atomic mass is 10.00. The third kappa shape index (κ3) is 3.78. The van der Waals surface area contributed by atoms with E-state index in [0.29, 0.717) is 17.6 Å². The third-order valence-corrected chi connectivity index (χ3v) is 5.86. The first-order valence-electron chi connectivity index (χ1n) is 9.90. The number of fused-ring (bicyclic) bond motifs is 1. The molecule has 2 aliphatic heterocycles. The molecule has 1 saturated heterocycles. The van der Waals surface area contributed by atoms with Crippen LogP contribution in [0.4, 0.5) is 5.82 Å². The van der Waals surface area contributed by atoms with Crippen LogP contribution >= 0.6 is 11.6 Å². The van der Waals surface area contributed by atoms with E-state index in [4.69, 9.17) is 16.3 Å². The monoisotopic (exact) mass is 407 g/mol. The van der Waals surface area contributed by atoms with Gasteiger partial charge in [-0.25, -0.2) is 9.97 Å². The van der Waals surface area contributed by atoms with Crippen LogP contribution in [0.2, 0.25) is 5.02 Å². The number of ether oxygens (including phenoxy) is 1. The number of nitrogens with zero attached hydrogens (tertiary/aromatic N) is 5. The SMILES string of the molecule is Clc1cnc(N2C=CC=NC2)cc1-c1ccc2ncn(CC3CCOCC3)c2c1. The maximum Gasteiger partial charge on any atom is 0.134 e. The van der Waals surface area contributed by atoms with E-state index in [-0.39, 0.29) is 0 Å². The Morgan fingerprint density at radius 2 is 2.03 bits per heavy atom. The quantitative estimate of drug-likeness (QED) is 0.637. The first-order valence-corrected chi connectivity index (χ1v) is 10.3. The van der Waals surface area contributed by atoms with Crippen LogP contribution in [0.3, 0.4) is 0 Å². The summed E-state index contributed by atoms with van der Waals surface area (Å²) >= 11 is 6.53. The largest absolute Gasteiger partial charge is 0.381 e. The highest BCUT2D eigenvalue weighted by molar-refractivity contribution is 6.33. The van der Waals surface area contributed by atoms with Gasteiger partial charge in [-0.15, -0.1) is 0 Å². The molecule has 4 heterocycles. The fraction of sp³-hybridized carbons (Fsp3) is 0.318. The van der Waals surface area contributed by atoms with Crippen LogP contribution in [0, 0.1) is 5.92 Å². The summed E-state index contributed by atoms with van der Waals surface area (Å²) in [5.41, 5.74) is 4.15. The summed E-state index contributed by atoms with van der Waals surface area (Å²) in [5.74, 6) is 1.46. The van der Waals surface area contributed by atoms with Crippen molar-refractivity contribution in [3.63, 3.8) is 0 Å². The Kier molecular flexibility index (Phi) is 5.04. The van der Waals surface area contributed by atoms with E-state index in [2.05, 4.69) is 37.7 Å². The van der Waals surface area contributed by atoms with Gasteiger partial charge in [0.15, 0.2) is 0 Å². The molecule has 148 valence electrons. The van der Waals surface area contributed by atoms with E-state index in [1.807, 2.05) is 29.6 Å². The molecular weight excluding hydrogens is 386 g/mol. The van der Waals surface area contributed by atoms with Crippen LogP contribution in [0.5, 0.6) is 0 Å². The zero-order valence-corrected chi connectivity index (χ0v) is 16.8. The van der Waals surface area contributed by atoms with Crippen molar-refractivity contribution in [2.75, 3.05) is 24.8 Å². The highest BCUT2D eigenvalue weighted by atomic mass is 35.5. The molecule has 3 aromatic rings. The Hall–Kier alpha value is -2.70. The van der Waals surface area contributed by atoms with E-state index in [1.54, 1.807) is 12.4 Å². The van der Waals surface area contributed by atoms with Crippen molar-refractivity contribution in [2.45, 2.75) is 19.4 Å². The lowest BCUT2D eigenvalue weighted by Crippen LogP contribution is -2.20. The van der Waals surface area contributed by atoms with Crippen LogP contribution in [-0.2, 0) is 11.3 Å². The maximum atomic E-state index is 6.53. The minimum atomic E-state index is 0.557. The van der Waals surface area contributed by atoms with E-state index < -0.39 is 0 Å². The smallest absolute Gasteiger partial charge is 0.134 e. The lowest BCUT2D eigenvalue weighted by Gasteiger charge is -2.22. The summed E-state index contributed by atoms with van der Waals surface area (Å²) < 4.78 is 7.75. The molecule has 7 heteroatoms. The van der Waals surface area contributed by atoms with Gasteiger partial charge in [0, 0.05) is 43.9 Å². The Labute approximate surface area is 174 Å². The van der Waals surface area contributed by atoms with Crippen molar-refractivity contribution >= 4 is 34.7 Å². The van der Waals surface area contributed by atoms with Crippen LogP contribution in [-0.4, -0.2) is 40.6 Å². The van der Waals surface area contributed by atoms with Gasteiger partial charge in [0.2, 0.25) is 0 Å². The molecule has 6 nitrogen and oxygen atoms in total. The topological polar surface area (TPSA) is 55.5 Å².